The molecule has 0 saturated heterocycles. The molecule has 0 atom stereocenters. The molecule has 0 bridgehead atoms. The van der Waals surface area contributed by atoms with Gasteiger partial charge in [0.15, 0.2) is 11.6 Å². The van der Waals surface area contributed by atoms with Gasteiger partial charge in [0.05, 0.1) is 5.56 Å². The van der Waals surface area contributed by atoms with Crippen molar-refractivity contribution in [2.75, 3.05) is 0 Å². The number of carboxylic acid groups (broad SMARTS) is 1. The number of carboxylic acids is 1. The lowest BCUT2D eigenvalue weighted by atomic mass is 10.2. The van der Waals surface area contributed by atoms with Crippen LogP contribution in [0.25, 0.3) is 5.69 Å². The minimum atomic E-state index is -3.26. The molecule has 21 heavy (non-hydrogen) atoms. The molecule has 1 aromatic carbocycles. The highest BCUT2D eigenvalue weighted by molar-refractivity contribution is 5.87. The van der Waals surface area contributed by atoms with Gasteiger partial charge in [0.25, 0.3) is 5.92 Å². The zero-order valence-corrected chi connectivity index (χ0v) is 11.0. The number of carbonyl (C=O) groups is 1. The van der Waals surface area contributed by atoms with Gasteiger partial charge in [-0.1, -0.05) is 0 Å². The van der Waals surface area contributed by atoms with E-state index in [1.54, 1.807) is 0 Å². The number of aromatic carboxylic acids is 1. The van der Waals surface area contributed by atoms with Gasteiger partial charge < -0.3 is 5.11 Å². The predicted octanol–water partition coefficient (Wildman–Crippen LogP) is 3.27. The quantitative estimate of drug-likeness (QED) is 0.885. The first kappa shape index (κ1) is 15.0. The maximum absolute atomic E-state index is 13.9. The molecule has 0 aliphatic rings. The van der Waals surface area contributed by atoms with Crippen LogP contribution in [0.15, 0.2) is 18.2 Å². The topological polar surface area (TPSA) is 55.1 Å². The van der Waals surface area contributed by atoms with E-state index >= 15 is 0 Å². The Morgan fingerprint density at radius 2 is 1.76 bits per heavy atom. The SMILES string of the molecule is Cc1cc(C(C)(F)F)nn1-c1c(F)cc(C(=O)O)cc1F. The van der Waals surface area contributed by atoms with E-state index in [1.165, 1.54) is 6.92 Å². The van der Waals surface area contributed by atoms with Crippen molar-refractivity contribution in [2.45, 2.75) is 19.8 Å². The standard InChI is InChI=1S/C13H10F4N2O2/c1-6-3-10(13(2,16)17)18-19(6)11-8(14)4-7(12(20)21)5-9(11)15/h3-5H,1-2H3,(H,20,21). The average molecular weight is 302 g/mol. The van der Waals surface area contributed by atoms with Crippen molar-refractivity contribution in [3.8, 4) is 5.69 Å². The lowest BCUT2D eigenvalue weighted by Gasteiger charge is -2.09. The number of rotatable bonds is 3. The highest BCUT2D eigenvalue weighted by Gasteiger charge is 2.29. The fourth-order valence-corrected chi connectivity index (χ4v) is 1.81. The molecule has 2 aromatic rings. The third-order valence-corrected chi connectivity index (χ3v) is 2.81. The van der Waals surface area contributed by atoms with Crippen molar-refractivity contribution in [1.82, 2.24) is 9.78 Å². The largest absolute Gasteiger partial charge is 0.478 e. The minimum Gasteiger partial charge on any atom is -0.478 e. The summed E-state index contributed by atoms with van der Waals surface area (Å²) >= 11 is 0. The molecule has 0 radical (unpaired) electrons. The van der Waals surface area contributed by atoms with Gasteiger partial charge in [-0.05, 0) is 25.1 Å². The first-order valence-electron chi connectivity index (χ1n) is 5.79. The molecule has 0 aliphatic carbocycles. The number of halogens is 4. The van der Waals surface area contributed by atoms with Crippen molar-refractivity contribution in [2.24, 2.45) is 0 Å². The summed E-state index contributed by atoms with van der Waals surface area (Å²) in [5.41, 5.74) is -1.83. The van der Waals surface area contributed by atoms with E-state index in [4.69, 9.17) is 5.11 Å². The van der Waals surface area contributed by atoms with Crippen LogP contribution in [-0.2, 0) is 5.92 Å². The Morgan fingerprint density at radius 1 is 1.24 bits per heavy atom. The molecule has 0 saturated carbocycles. The smallest absolute Gasteiger partial charge is 0.335 e. The zero-order chi connectivity index (χ0) is 15.9. The molecule has 0 amide bonds. The second-order valence-electron chi connectivity index (χ2n) is 4.56. The fourth-order valence-electron chi connectivity index (χ4n) is 1.81. The molecule has 8 heteroatoms. The maximum Gasteiger partial charge on any atom is 0.335 e. The summed E-state index contributed by atoms with van der Waals surface area (Å²) in [7, 11) is 0. The van der Waals surface area contributed by atoms with Crippen LogP contribution >= 0.6 is 0 Å². The summed E-state index contributed by atoms with van der Waals surface area (Å²) in [5.74, 6) is -7.17. The van der Waals surface area contributed by atoms with Crippen LogP contribution in [0, 0.1) is 18.6 Å². The Labute approximate surface area is 116 Å². The Bertz CT molecular complexity index is 696. The molecule has 0 spiro atoms. The monoisotopic (exact) mass is 302 g/mol. The van der Waals surface area contributed by atoms with Crippen LogP contribution in [0.5, 0.6) is 0 Å². The van der Waals surface area contributed by atoms with Crippen LogP contribution in [0.1, 0.15) is 28.7 Å². The molecule has 1 N–H and O–H groups in total. The Hall–Kier alpha value is -2.38. The van der Waals surface area contributed by atoms with E-state index in [2.05, 4.69) is 5.10 Å². The van der Waals surface area contributed by atoms with Gasteiger partial charge in [-0.25, -0.2) is 18.3 Å². The van der Waals surface area contributed by atoms with Crippen LogP contribution in [-0.4, -0.2) is 20.9 Å². The summed E-state index contributed by atoms with van der Waals surface area (Å²) < 4.78 is 54.9. The molecule has 0 aliphatic heterocycles. The molecule has 1 heterocycles. The average Bonchev–Trinajstić information content (AvgIpc) is 2.70. The van der Waals surface area contributed by atoms with Gasteiger partial charge in [0.1, 0.15) is 11.4 Å². The number of hydrogen-bond donors (Lipinski definition) is 1. The normalized spacial score (nSPS) is 11.7. The number of aromatic nitrogens is 2. The van der Waals surface area contributed by atoms with Crippen LogP contribution in [0.4, 0.5) is 17.6 Å². The molecule has 0 unspecified atom stereocenters. The van der Waals surface area contributed by atoms with Gasteiger partial charge in [-0.3, -0.25) is 0 Å². The molecular weight excluding hydrogens is 292 g/mol. The summed E-state index contributed by atoms with van der Waals surface area (Å²) in [6.07, 6.45) is 0. The maximum atomic E-state index is 13.9. The van der Waals surface area contributed by atoms with E-state index in [0.717, 1.165) is 6.07 Å². The van der Waals surface area contributed by atoms with Crippen LogP contribution in [0.3, 0.4) is 0 Å². The van der Waals surface area contributed by atoms with E-state index in [0.29, 0.717) is 23.7 Å². The van der Waals surface area contributed by atoms with Crippen molar-refractivity contribution >= 4 is 5.97 Å². The number of aryl methyl sites for hydroxylation is 1. The van der Waals surface area contributed by atoms with Crippen molar-refractivity contribution < 1.29 is 27.5 Å². The first-order chi connectivity index (χ1) is 9.61. The van der Waals surface area contributed by atoms with Crippen LogP contribution in [0.2, 0.25) is 0 Å². The summed E-state index contributed by atoms with van der Waals surface area (Å²) in [5, 5.41) is 12.2. The van der Waals surface area contributed by atoms with Crippen molar-refractivity contribution in [3.05, 3.63) is 46.8 Å². The second kappa shape index (κ2) is 4.87. The minimum absolute atomic E-state index is 0.0902. The Kier molecular flexibility index (Phi) is 3.48. The van der Waals surface area contributed by atoms with E-state index < -0.39 is 40.5 Å². The third-order valence-electron chi connectivity index (χ3n) is 2.81. The van der Waals surface area contributed by atoms with Gasteiger partial charge in [-0.2, -0.15) is 13.9 Å². The first-order valence-corrected chi connectivity index (χ1v) is 5.79. The van der Waals surface area contributed by atoms with Gasteiger partial charge >= 0.3 is 5.97 Å². The highest BCUT2D eigenvalue weighted by Crippen LogP contribution is 2.28. The fraction of sp³-hybridized carbons (Fsp3) is 0.231. The number of hydrogen-bond acceptors (Lipinski definition) is 2. The second-order valence-corrected chi connectivity index (χ2v) is 4.56. The van der Waals surface area contributed by atoms with E-state index in [-0.39, 0.29) is 5.69 Å². The molecule has 4 nitrogen and oxygen atoms in total. The number of alkyl halides is 2. The lowest BCUT2D eigenvalue weighted by molar-refractivity contribution is 0.0123. The highest BCUT2D eigenvalue weighted by atomic mass is 19.3. The van der Waals surface area contributed by atoms with E-state index in [9.17, 15) is 22.4 Å². The zero-order valence-electron chi connectivity index (χ0n) is 11.0. The van der Waals surface area contributed by atoms with Gasteiger partial charge in [-0.15, -0.1) is 0 Å². The lowest BCUT2D eigenvalue weighted by Crippen LogP contribution is -2.11. The number of nitrogens with zero attached hydrogens (tertiary/aromatic N) is 2. The Morgan fingerprint density at radius 3 is 2.14 bits per heavy atom. The molecule has 0 fully saturated rings. The summed E-state index contributed by atoms with van der Waals surface area (Å²) in [6.45, 7) is 1.96. The van der Waals surface area contributed by atoms with Gasteiger partial charge in [0.2, 0.25) is 0 Å². The molecule has 1 aromatic heterocycles. The van der Waals surface area contributed by atoms with Crippen molar-refractivity contribution in [1.29, 1.82) is 0 Å². The third kappa shape index (κ3) is 2.74. The molecular formula is C13H10F4N2O2. The Balaban J connectivity index is 2.63. The van der Waals surface area contributed by atoms with Gasteiger partial charge in [0, 0.05) is 12.6 Å². The van der Waals surface area contributed by atoms with Crippen LogP contribution < -0.4 is 0 Å². The molecule has 2 rings (SSSR count). The predicted molar refractivity (Wildman–Crippen MR) is 64.7 cm³/mol. The molecule has 112 valence electrons. The summed E-state index contributed by atoms with van der Waals surface area (Å²) in [6, 6.07) is 2.21. The number of benzene rings is 1. The van der Waals surface area contributed by atoms with Crippen molar-refractivity contribution in [3.63, 3.8) is 0 Å². The van der Waals surface area contributed by atoms with E-state index in [1.807, 2.05) is 0 Å². The summed E-state index contributed by atoms with van der Waals surface area (Å²) in [4.78, 5) is 10.7.